The number of nitro groups is 1. The van der Waals surface area contributed by atoms with Gasteiger partial charge in [-0.1, -0.05) is 6.92 Å². The fourth-order valence-corrected chi connectivity index (χ4v) is 2.65. The number of benzene rings is 1. The predicted octanol–water partition coefficient (Wildman–Crippen LogP) is 2.89. The van der Waals surface area contributed by atoms with Gasteiger partial charge < -0.3 is 15.0 Å². The number of anilines is 1. The molecule has 0 aliphatic carbocycles. The number of likely N-dealkylation sites (tertiary alicyclic amines) is 1. The second-order valence-electron chi connectivity index (χ2n) is 5.22. The molecule has 116 valence electrons. The van der Waals surface area contributed by atoms with Crippen molar-refractivity contribution in [2.45, 2.75) is 32.7 Å². The van der Waals surface area contributed by atoms with Gasteiger partial charge in [0.25, 0.3) is 5.69 Å². The lowest BCUT2D eigenvalue weighted by atomic mass is 10.0. The molecule has 6 heteroatoms. The Labute approximate surface area is 125 Å². The highest BCUT2D eigenvalue weighted by Gasteiger charge is 2.22. The summed E-state index contributed by atoms with van der Waals surface area (Å²) in [5, 5.41) is 14.5. The van der Waals surface area contributed by atoms with E-state index >= 15 is 0 Å². The maximum absolute atomic E-state index is 11.2. The van der Waals surface area contributed by atoms with E-state index in [0.717, 1.165) is 32.5 Å². The van der Waals surface area contributed by atoms with Crippen LogP contribution in [0.5, 0.6) is 5.75 Å². The first kappa shape index (κ1) is 15.6. The van der Waals surface area contributed by atoms with Crippen LogP contribution >= 0.6 is 0 Å². The van der Waals surface area contributed by atoms with Crippen molar-refractivity contribution in [3.8, 4) is 5.75 Å². The zero-order chi connectivity index (χ0) is 15.2. The molecule has 0 amide bonds. The zero-order valence-corrected chi connectivity index (χ0v) is 12.7. The van der Waals surface area contributed by atoms with Crippen molar-refractivity contribution >= 4 is 11.4 Å². The van der Waals surface area contributed by atoms with E-state index < -0.39 is 0 Å². The number of nitrogens with zero attached hydrogens (tertiary/aromatic N) is 2. The predicted molar refractivity (Wildman–Crippen MR) is 83.0 cm³/mol. The molecule has 6 nitrogen and oxygen atoms in total. The highest BCUT2D eigenvalue weighted by Crippen LogP contribution is 2.30. The molecule has 0 spiro atoms. The first-order chi connectivity index (χ1) is 10.1. The summed E-state index contributed by atoms with van der Waals surface area (Å²) in [6, 6.07) is 5.31. The maximum atomic E-state index is 11.2. The normalized spacial score (nSPS) is 16.7. The summed E-state index contributed by atoms with van der Waals surface area (Å²) in [6.07, 6.45) is 2.02. The summed E-state index contributed by atoms with van der Waals surface area (Å²) >= 11 is 0. The van der Waals surface area contributed by atoms with E-state index in [4.69, 9.17) is 4.74 Å². The summed E-state index contributed by atoms with van der Waals surface area (Å²) in [6.45, 7) is 7.66. The molecule has 0 saturated carbocycles. The lowest BCUT2D eigenvalue weighted by Crippen LogP contribution is -2.38. The Morgan fingerprint density at radius 2 is 2.10 bits per heavy atom. The molecule has 1 heterocycles. The van der Waals surface area contributed by atoms with Crippen LogP contribution in [0.1, 0.15) is 26.7 Å². The second-order valence-corrected chi connectivity index (χ2v) is 5.22. The summed E-state index contributed by atoms with van der Waals surface area (Å²) < 4.78 is 5.33. The Hall–Kier alpha value is -1.82. The standard InChI is InChI=1S/C15H23N3O3/c1-3-17-9-7-12(8-10-17)16-14-6-5-13(21-4-2)11-15(14)18(19)20/h5-6,11-12,16H,3-4,7-10H2,1-2H3. The molecule has 1 saturated heterocycles. The van der Waals surface area contributed by atoms with Crippen LogP contribution in [0.4, 0.5) is 11.4 Å². The van der Waals surface area contributed by atoms with Gasteiger partial charge in [-0.3, -0.25) is 10.1 Å². The van der Waals surface area contributed by atoms with Gasteiger partial charge in [-0.25, -0.2) is 0 Å². The van der Waals surface area contributed by atoms with Gasteiger partial charge in [-0.2, -0.15) is 0 Å². The Morgan fingerprint density at radius 3 is 2.67 bits per heavy atom. The van der Waals surface area contributed by atoms with Crippen LogP contribution in [-0.2, 0) is 0 Å². The molecule has 0 bridgehead atoms. The summed E-state index contributed by atoms with van der Waals surface area (Å²) in [5.74, 6) is 0.538. The van der Waals surface area contributed by atoms with E-state index in [1.165, 1.54) is 6.07 Å². The van der Waals surface area contributed by atoms with Gasteiger partial charge in [-0.05, 0) is 38.4 Å². The van der Waals surface area contributed by atoms with E-state index in [9.17, 15) is 10.1 Å². The number of nitro benzene ring substituents is 1. The van der Waals surface area contributed by atoms with E-state index in [-0.39, 0.29) is 10.6 Å². The average molecular weight is 293 g/mol. The lowest BCUT2D eigenvalue weighted by molar-refractivity contribution is -0.384. The van der Waals surface area contributed by atoms with Crippen LogP contribution in [-0.4, -0.2) is 42.1 Å². The molecule has 1 aliphatic rings. The fraction of sp³-hybridized carbons (Fsp3) is 0.600. The Bertz CT molecular complexity index is 485. The summed E-state index contributed by atoms with van der Waals surface area (Å²) in [7, 11) is 0. The molecular formula is C15H23N3O3. The van der Waals surface area contributed by atoms with Crippen molar-refractivity contribution in [1.29, 1.82) is 0 Å². The quantitative estimate of drug-likeness (QED) is 0.645. The number of hydrogen-bond acceptors (Lipinski definition) is 5. The monoisotopic (exact) mass is 293 g/mol. The van der Waals surface area contributed by atoms with Crippen molar-refractivity contribution < 1.29 is 9.66 Å². The highest BCUT2D eigenvalue weighted by molar-refractivity contribution is 5.64. The topological polar surface area (TPSA) is 67.6 Å². The van der Waals surface area contributed by atoms with Crippen LogP contribution in [0, 0.1) is 10.1 Å². The third-order valence-electron chi connectivity index (χ3n) is 3.87. The minimum Gasteiger partial charge on any atom is -0.494 e. The molecule has 1 aromatic carbocycles. The third-order valence-corrected chi connectivity index (χ3v) is 3.87. The smallest absolute Gasteiger partial charge is 0.296 e. The average Bonchev–Trinajstić information content (AvgIpc) is 2.49. The van der Waals surface area contributed by atoms with Crippen molar-refractivity contribution in [3.63, 3.8) is 0 Å². The van der Waals surface area contributed by atoms with E-state index in [1.54, 1.807) is 12.1 Å². The third kappa shape index (κ3) is 4.07. The van der Waals surface area contributed by atoms with E-state index in [2.05, 4.69) is 17.1 Å². The Kier molecular flexibility index (Phi) is 5.38. The van der Waals surface area contributed by atoms with Crippen LogP contribution in [0.3, 0.4) is 0 Å². The molecule has 1 aliphatic heterocycles. The molecule has 0 atom stereocenters. The maximum Gasteiger partial charge on any atom is 0.296 e. The van der Waals surface area contributed by atoms with Crippen LogP contribution in [0.2, 0.25) is 0 Å². The second kappa shape index (κ2) is 7.26. The molecule has 1 N–H and O–H groups in total. The van der Waals surface area contributed by atoms with Crippen molar-refractivity contribution in [2.75, 3.05) is 31.6 Å². The Morgan fingerprint density at radius 1 is 1.38 bits per heavy atom. The lowest BCUT2D eigenvalue weighted by Gasteiger charge is -2.31. The SMILES string of the molecule is CCOc1ccc(NC2CCN(CC)CC2)c([N+](=O)[O-])c1. The number of nitrogens with one attached hydrogen (secondary N) is 1. The van der Waals surface area contributed by atoms with Gasteiger partial charge >= 0.3 is 0 Å². The summed E-state index contributed by atoms with van der Waals surface area (Å²) in [5.41, 5.74) is 0.664. The van der Waals surface area contributed by atoms with Crippen molar-refractivity contribution in [1.82, 2.24) is 4.90 Å². The largest absolute Gasteiger partial charge is 0.494 e. The fourth-order valence-electron chi connectivity index (χ4n) is 2.65. The number of hydrogen-bond donors (Lipinski definition) is 1. The molecule has 0 radical (unpaired) electrons. The minimum absolute atomic E-state index is 0.0823. The van der Waals surface area contributed by atoms with Crippen LogP contribution in [0.15, 0.2) is 18.2 Å². The van der Waals surface area contributed by atoms with Gasteiger partial charge in [0.05, 0.1) is 17.6 Å². The van der Waals surface area contributed by atoms with Gasteiger partial charge in [0.15, 0.2) is 0 Å². The molecule has 0 unspecified atom stereocenters. The highest BCUT2D eigenvalue weighted by atomic mass is 16.6. The molecule has 1 aromatic rings. The van der Waals surface area contributed by atoms with Crippen LogP contribution < -0.4 is 10.1 Å². The van der Waals surface area contributed by atoms with Gasteiger partial charge in [-0.15, -0.1) is 0 Å². The Balaban J connectivity index is 2.07. The van der Waals surface area contributed by atoms with Gasteiger partial charge in [0.2, 0.25) is 0 Å². The minimum atomic E-state index is -0.355. The van der Waals surface area contributed by atoms with E-state index in [1.807, 2.05) is 6.92 Å². The number of ether oxygens (including phenoxy) is 1. The zero-order valence-electron chi connectivity index (χ0n) is 12.7. The van der Waals surface area contributed by atoms with Crippen LogP contribution in [0.25, 0.3) is 0 Å². The molecule has 2 rings (SSSR count). The first-order valence-corrected chi connectivity index (χ1v) is 7.54. The van der Waals surface area contributed by atoms with Crippen molar-refractivity contribution in [3.05, 3.63) is 28.3 Å². The van der Waals surface area contributed by atoms with E-state index in [0.29, 0.717) is 24.1 Å². The van der Waals surface area contributed by atoms with Crippen molar-refractivity contribution in [2.24, 2.45) is 0 Å². The summed E-state index contributed by atoms with van der Waals surface area (Å²) in [4.78, 5) is 13.3. The number of rotatable bonds is 6. The first-order valence-electron chi connectivity index (χ1n) is 7.54. The van der Waals surface area contributed by atoms with Gasteiger partial charge in [0, 0.05) is 19.1 Å². The molecule has 0 aromatic heterocycles. The molecule has 1 fully saturated rings. The van der Waals surface area contributed by atoms with Gasteiger partial charge in [0.1, 0.15) is 11.4 Å². The number of piperidine rings is 1. The molecule has 21 heavy (non-hydrogen) atoms. The molecular weight excluding hydrogens is 270 g/mol.